The van der Waals surface area contributed by atoms with E-state index in [9.17, 15) is 0 Å². The molecule has 0 atom stereocenters. The van der Waals surface area contributed by atoms with Crippen LogP contribution in [0, 0.1) is 0 Å². The second-order valence-electron chi connectivity index (χ2n) is 1.14. The quantitative estimate of drug-likeness (QED) is 0.507. The molecule has 0 aliphatic heterocycles. The number of rotatable bonds is 2. The van der Waals surface area contributed by atoms with Gasteiger partial charge in [0.25, 0.3) is 0 Å². The van der Waals surface area contributed by atoms with Crippen LogP contribution >= 0.6 is 0 Å². The van der Waals surface area contributed by atoms with E-state index in [0.717, 1.165) is 23.1 Å². The van der Waals surface area contributed by atoms with Crippen LogP contribution < -0.4 is 5.73 Å². The Labute approximate surface area is 45.6 Å². The van der Waals surface area contributed by atoms with Crippen molar-refractivity contribution in [2.45, 2.75) is 11.7 Å². The Balaban J connectivity index is -0.0000000267. The molecule has 0 fully saturated rings. The molecule has 0 aliphatic carbocycles. The van der Waals surface area contributed by atoms with Gasteiger partial charge in [-0.25, -0.2) is 0 Å². The maximum Gasteiger partial charge on any atom is -1.00 e. The molecule has 0 rings (SSSR count). The number of nitrogens with two attached hydrogens (primary N) is 1. The van der Waals surface area contributed by atoms with Crippen LogP contribution in [0.2, 0.25) is 5.25 Å². The van der Waals surface area contributed by atoms with Gasteiger partial charge in [0.1, 0.15) is 0 Å². The van der Waals surface area contributed by atoms with Gasteiger partial charge in [-0.2, -0.15) is 0 Å². The summed E-state index contributed by atoms with van der Waals surface area (Å²) >= 11 is 1.03. The predicted molar refractivity (Wildman–Crippen MR) is 31.8 cm³/mol. The van der Waals surface area contributed by atoms with E-state index < -0.39 is 0 Å². The minimum absolute atomic E-state index is 0. The van der Waals surface area contributed by atoms with Crippen molar-refractivity contribution in [3.63, 3.8) is 0 Å². The summed E-state index contributed by atoms with van der Waals surface area (Å²) < 4.78 is 0. The second-order valence-corrected chi connectivity index (χ2v) is 3.24. The van der Waals surface area contributed by atoms with Gasteiger partial charge >= 0.3 is 40.5 Å². The van der Waals surface area contributed by atoms with Crippen LogP contribution in [0.3, 0.4) is 0 Å². The summed E-state index contributed by atoms with van der Waals surface area (Å²) in [6.07, 6.45) is 1.25. The zero-order valence-corrected chi connectivity index (χ0v) is 7.89. The molecule has 0 aliphatic rings. The molecule has 2 N–H and O–H groups in total. The van der Waals surface area contributed by atoms with E-state index >= 15 is 0 Å². The van der Waals surface area contributed by atoms with Crippen LogP contribution in [0.25, 0.3) is 0 Å². The normalized spacial score (nSPS) is 9.00. The third kappa shape index (κ3) is 4.50. The maximum atomic E-state index is 5.17. The van der Waals surface area contributed by atoms with Gasteiger partial charge in [-0.1, -0.05) is 0 Å². The van der Waals surface area contributed by atoms with Crippen molar-refractivity contribution in [3.05, 3.63) is 0 Å². The Kier molecular flexibility index (Phi) is 4.96. The zero-order chi connectivity index (χ0) is 4.12. The topological polar surface area (TPSA) is 26.0 Å². The zero-order valence-electron chi connectivity index (χ0n) is 6.70. The molecule has 5 heavy (non-hydrogen) atoms. The summed E-state index contributed by atoms with van der Waals surface area (Å²) in [4.78, 5) is 0. The van der Waals surface area contributed by atoms with Crippen LogP contribution in [0.15, 0.2) is 0 Å². The van der Waals surface area contributed by atoms with Gasteiger partial charge in [-0.3, -0.25) is 0 Å². The molecular weight excluding hydrogens is 123 g/mol. The van der Waals surface area contributed by atoms with Gasteiger partial charge in [0.2, 0.25) is 0 Å². The molecule has 1 nitrogen and oxygen atoms in total. The van der Waals surface area contributed by atoms with E-state index in [1.807, 2.05) is 0 Å². The molecule has 0 unspecified atom stereocenters. The largest absolute Gasteiger partial charge is 1.00 e. The molecule has 0 radical (unpaired) electrons. The predicted octanol–water partition coefficient (Wildman–Crippen LogP) is -0.544. The molecular formula is C3H14GeN-3. The summed E-state index contributed by atoms with van der Waals surface area (Å²) in [5.41, 5.74) is 5.17. The first-order chi connectivity index (χ1) is 2.41. The Hall–Kier alpha value is 0.503. The van der Waals surface area contributed by atoms with E-state index in [-0.39, 0.29) is 4.28 Å². The Morgan fingerprint density at radius 1 is 1.80 bits per heavy atom. The van der Waals surface area contributed by atoms with Crippen molar-refractivity contribution in [1.29, 1.82) is 0 Å². The molecule has 0 aromatic rings. The standard InChI is InChI=1S/C3H11GeN.3H/c4-2-1-3-5;;;/h1-3,5H2,4H3;;;/q;3*-1. The van der Waals surface area contributed by atoms with Gasteiger partial charge < -0.3 is 4.28 Å². The fourth-order valence-electron chi connectivity index (χ4n) is 0.204. The maximum absolute atomic E-state index is 5.17. The van der Waals surface area contributed by atoms with Crippen LogP contribution in [-0.4, -0.2) is 23.1 Å². The fraction of sp³-hybridized carbons (Fsp3) is 1.00. The molecule has 0 saturated carbocycles. The third-order valence-electron chi connectivity index (χ3n) is 0.558. The van der Waals surface area contributed by atoms with Gasteiger partial charge in [0.15, 0.2) is 0 Å². The van der Waals surface area contributed by atoms with Crippen molar-refractivity contribution < 1.29 is 4.28 Å². The molecule has 2 heteroatoms. The molecule has 0 bridgehead atoms. The minimum Gasteiger partial charge on any atom is -1.00 e. The van der Waals surface area contributed by atoms with Crippen molar-refractivity contribution in [2.24, 2.45) is 5.73 Å². The summed E-state index contributed by atoms with van der Waals surface area (Å²) in [6.45, 7) is 0.891. The Bertz CT molecular complexity index is 22.0. The van der Waals surface area contributed by atoms with E-state index in [4.69, 9.17) is 5.73 Å². The first kappa shape index (κ1) is 5.50. The van der Waals surface area contributed by atoms with E-state index in [2.05, 4.69) is 0 Å². The van der Waals surface area contributed by atoms with Crippen molar-refractivity contribution in [1.82, 2.24) is 0 Å². The minimum atomic E-state index is 0. The van der Waals surface area contributed by atoms with Gasteiger partial charge in [0.05, 0.1) is 0 Å². The Morgan fingerprint density at radius 2 is 2.40 bits per heavy atom. The SMILES string of the molecule is NCC[CH2][GeH3].[H-].[H-].[H-]. The van der Waals surface area contributed by atoms with E-state index in [1.165, 1.54) is 11.7 Å². The van der Waals surface area contributed by atoms with Gasteiger partial charge in [-0.05, 0) is 0 Å². The summed E-state index contributed by atoms with van der Waals surface area (Å²) in [6, 6.07) is 0. The molecule has 0 aromatic heterocycles. The first-order valence-electron chi connectivity index (χ1n) is 2.12. The van der Waals surface area contributed by atoms with Crippen molar-refractivity contribution in [2.75, 3.05) is 6.54 Å². The van der Waals surface area contributed by atoms with Crippen molar-refractivity contribution >= 4 is 16.5 Å². The fourth-order valence-corrected chi connectivity index (χ4v) is 1.06. The first-order valence-corrected chi connectivity index (χ1v) is 5.08. The molecule has 0 spiro atoms. The summed E-state index contributed by atoms with van der Waals surface area (Å²) in [7, 11) is 0. The second kappa shape index (κ2) is 4.50. The molecule has 0 saturated heterocycles. The number of hydrogen-bond acceptors (Lipinski definition) is 1. The summed E-state index contributed by atoms with van der Waals surface area (Å²) in [5.74, 6) is 0. The monoisotopic (exact) mass is 138 g/mol. The van der Waals surface area contributed by atoms with Crippen molar-refractivity contribution in [3.8, 4) is 0 Å². The van der Waals surface area contributed by atoms with E-state index in [1.54, 1.807) is 0 Å². The smallest absolute Gasteiger partial charge is 1.00 e. The molecule has 0 amide bonds. The van der Waals surface area contributed by atoms with Crippen LogP contribution in [0.1, 0.15) is 10.7 Å². The number of hydrogen-bond donors (Lipinski definition) is 1. The molecule has 38 valence electrons. The van der Waals surface area contributed by atoms with Crippen LogP contribution in [-0.2, 0) is 0 Å². The molecule has 0 heterocycles. The average Bonchev–Trinajstić information content (AvgIpc) is 1.41. The summed E-state index contributed by atoms with van der Waals surface area (Å²) in [5, 5.41) is 1.41. The molecule has 0 aromatic carbocycles. The third-order valence-corrected chi connectivity index (χ3v) is 2.04. The van der Waals surface area contributed by atoms with Crippen LogP contribution in [0.4, 0.5) is 0 Å². The Morgan fingerprint density at radius 3 is 2.40 bits per heavy atom. The van der Waals surface area contributed by atoms with E-state index in [0.29, 0.717) is 0 Å². The van der Waals surface area contributed by atoms with Crippen LogP contribution in [0.5, 0.6) is 0 Å². The van der Waals surface area contributed by atoms with Gasteiger partial charge in [-0.15, -0.1) is 0 Å². The average molecular weight is 137 g/mol. The van der Waals surface area contributed by atoms with Gasteiger partial charge in [0, 0.05) is 0 Å².